The van der Waals surface area contributed by atoms with Crippen molar-refractivity contribution in [3.63, 3.8) is 0 Å². The number of hydrogen-bond acceptors (Lipinski definition) is 10. The number of aromatic nitrogens is 3. The van der Waals surface area contributed by atoms with Crippen LogP contribution in [-0.4, -0.2) is 67.8 Å². The Hall–Kier alpha value is -4.19. The number of esters is 1. The largest absolute Gasteiger partial charge is 0.469 e. The third kappa shape index (κ3) is 9.09. The zero-order chi connectivity index (χ0) is 36.3. The number of rotatable bonds is 11. The molecule has 0 aliphatic rings. The second kappa shape index (κ2) is 14.7. The van der Waals surface area contributed by atoms with E-state index in [-0.39, 0.29) is 27.3 Å². The molecule has 1 atom stereocenters. The number of carbonyl (C=O) groups is 2. The van der Waals surface area contributed by atoms with Gasteiger partial charge in [-0.15, -0.1) is 11.3 Å². The van der Waals surface area contributed by atoms with Crippen LogP contribution in [0, 0.1) is 5.41 Å². The minimum absolute atomic E-state index is 0.0142. The van der Waals surface area contributed by atoms with E-state index in [4.69, 9.17) is 14.5 Å². The zero-order valence-corrected chi connectivity index (χ0v) is 28.3. The number of ether oxygens (including phenoxy) is 1. The number of fused-ring (bicyclic) bond motifs is 1. The molecule has 0 saturated carbocycles. The SMILES string of the molecule is CCNC(=O)Nc1cc(-c2nc(C(F)(F)F)cs2)c(-c2ccc3c(c2)c(=O)c(C(=O)OCCOP(=O)(O)O)cn3[C@H](CO)C(C)(C)C)cn1. The van der Waals surface area contributed by atoms with Gasteiger partial charge in [0.15, 0.2) is 5.69 Å². The van der Waals surface area contributed by atoms with Crippen LogP contribution in [0.4, 0.5) is 23.8 Å². The van der Waals surface area contributed by atoms with Gasteiger partial charge in [-0.05, 0) is 36.1 Å². The van der Waals surface area contributed by atoms with Crippen LogP contribution in [0.3, 0.4) is 0 Å². The van der Waals surface area contributed by atoms with Crippen LogP contribution >= 0.6 is 19.2 Å². The summed E-state index contributed by atoms with van der Waals surface area (Å²) >= 11 is 0.711. The Morgan fingerprint density at radius 2 is 1.84 bits per heavy atom. The Morgan fingerprint density at radius 1 is 1.12 bits per heavy atom. The molecule has 0 unspecified atom stereocenters. The van der Waals surface area contributed by atoms with Crippen LogP contribution in [-0.2, 0) is 20.0 Å². The van der Waals surface area contributed by atoms with Crippen molar-refractivity contribution in [2.24, 2.45) is 5.41 Å². The number of anilines is 1. The number of hydrogen-bond donors (Lipinski definition) is 5. The van der Waals surface area contributed by atoms with Gasteiger partial charge in [0.1, 0.15) is 23.0 Å². The Bertz CT molecular complexity index is 1970. The molecule has 4 rings (SSSR count). The normalized spacial score (nSPS) is 12.9. The second-order valence-electron chi connectivity index (χ2n) is 11.7. The Kier molecular flexibility index (Phi) is 11.3. The maximum Gasteiger partial charge on any atom is 0.469 e. The molecule has 0 spiro atoms. The van der Waals surface area contributed by atoms with Crippen molar-refractivity contribution in [3.05, 3.63) is 63.5 Å². The molecule has 0 aliphatic carbocycles. The predicted octanol–water partition coefficient (Wildman–Crippen LogP) is 5.19. The maximum atomic E-state index is 13.8. The number of nitrogens with zero attached hydrogens (tertiary/aromatic N) is 3. The lowest BCUT2D eigenvalue weighted by atomic mass is 9.86. The molecule has 0 saturated heterocycles. The van der Waals surface area contributed by atoms with Crippen LogP contribution in [0.2, 0.25) is 0 Å². The smallest absolute Gasteiger partial charge is 0.459 e. The highest BCUT2D eigenvalue weighted by molar-refractivity contribution is 7.46. The van der Waals surface area contributed by atoms with E-state index in [1.165, 1.54) is 29.1 Å². The number of aliphatic hydroxyl groups excluding tert-OH is 1. The summed E-state index contributed by atoms with van der Waals surface area (Å²) in [6, 6.07) is 4.63. The fourth-order valence-electron chi connectivity index (χ4n) is 4.85. The summed E-state index contributed by atoms with van der Waals surface area (Å²) < 4.78 is 62.3. The van der Waals surface area contributed by atoms with Gasteiger partial charge in [-0.3, -0.25) is 14.6 Å². The molecular formula is C30H33F3N5O9PS. The number of benzene rings is 1. The van der Waals surface area contributed by atoms with Gasteiger partial charge in [0.2, 0.25) is 5.43 Å². The number of alkyl halides is 3. The van der Waals surface area contributed by atoms with Crippen molar-refractivity contribution in [2.75, 3.05) is 31.7 Å². The first-order chi connectivity index (χ1) is 22.8. The Morgan fingerprint density at radius 3 is 2.43 bits per heavy atom. The molecule has 1 aromatic carbocycles. The quantitative estimate of drug-likeness (QED) is 0.0773. The molecule has 14 nitrogen and oxygen atoms in total. The van der Waals surface area contributed by atoms with E-state index < -0.39 is 74.0 Å². The van der Waals surface area contributed by atoms with Crippen molar-refractivity contribution < 1.29 is 51.5 Å². The molecule has 3 heterocycles. The molecule has 3 aromatic heterocycles. The fourth-order valence-corrected chi connectivity index (χ4v) is 6.02. The zero-order valence-electron chi connectivity index (χ0n) is 26.6. The summed E-state index contributed by atoms with van der Waals surface area (Å²) in [6.07, 6.45) is -2.19. The van der Waals surface area contributed by atoms with E-state index >= 15 is 0 Å². The average molecular weight is 728 g/mol. The molecule has 0 radical (unpaired) electrons. The standard InChI is InChI=1S/C30H33F3N5O9PS/c1-5-34-28(42)37-24-11-17(26-36-22(15-49-26)30(31,32)33)19(12-35-24)16-6-7-21-18(10-16)25(40)20(13-38(21)23(14-39)29(2,3)4)27(41)46-8-9-47-48(43,44)45/h6-7,10-13,15,23,39H,5,8-9,14H2,1-4H3,(H2,43,44,45)(H2,34,35,37,42)/t23-/m1/s1. The molecule has 19 heteroatoms. The van der Waals surface area contributed by atoms with Crippen LogP contribution in [0.15, 0.2) is 46.8 Å². The summed E-state index contributed by atoms with van der Waals surface area (Å²) in [6.45, 7) is 5.85. The van der Waals surface area contributed by atoms with Crippen LogP contribution in [0.5, 0.6) is 0 Å². The van der Waals surface area contributed by atoms with E-state index in [1.54, 1.807) is 19.1 Å². The van der Waals surface area contributed by atoms with Crippen molar-refractivity contribution >= 4 is 47.9 Å². The number of carbonyl (C=O) groups excluding carboxylic acids is 2. The second-order valence-corrected chi connectivity index (χ2v) is 13.8. The number of nitrogens with one attached hydrogen (secondary N) is 2. The van der Waals surface area contributed by atoms with E-state index in [9.17, 15) is 37.2 Å². The maximum absolute atomic E-state index is 13.8. The minimum atomic E-state index is -4.84. The summed E-state index contributed by atoms with van der Waals surface area (Å²) in [5, 5.41) is 16.2. The summed E-state index contributed by atoms with van der Waals surface area (Å²) in [7, 11) is -4.84. The summed E-state index contributed by atoms with van der Waals surface area (Å²) in [5.41, 5.74) is -1.97. The van der Waals surface area contributed by atoms with E-state index in [2.05, 4.69) is 25.1 Å². The van der Waals surface area contributed by atoms with Gasteiger partial charge in [-0.25, -0.2) is 24.1 Å². The first-order valence-corrected chi connectivity index (χ1v) is 17.0. The van der Waals surface area contributed by atoms with Gasteiger partial charge in [-0.1, -0.05) is 26.8 Å². The van der Waals surface area contributed by atoms with Crippen LogP contribution in [0.25, 0.3) is 32.6 Å². The lowest BCUT2D eigenvalue weighted by Crippen LogP contribution is -2.31. The average Bonchev–Trinajstić information content (AvgIpc) is 3.51. The van der Waals surface area contributed by atoms with Crippen molar-refractivity contribution in [1.82, 2.24) is 19.9 Å². The highest BCUT2D eigenvalue weighted by atomic mass is 32.1. The lowest BCUT2D eigenvalue weighted by molar-refractivity contribution is -0.140. The molecule has 264 valence electrons. The summed E-state index contributed by atoms with van der Waals surface area (Å²) in [4.78, 5) is 64.9. The van der Waals surface area contributed by atoms with Gasteiger partial charge < -0.3 is 29.5 Å². The van der Waals surface area contributed by atoms with Gasteiger partial charge in [0, 0.05) is 40.8 Å². The molecule has 49 heavy (non-hydrogen) atoms. The number of halogens is 3. The third-order valence-electron chi connectivity index (χ3n) is 7.16. The van der Waals surface area contributed by atoms with Gasteiger partial charge in [0.05, 0.1) is 24.8 Å². The van der Waals surface area contributed by atoms with Crippen molar-refractivity contribution in [1.29, 1.82) is 0 Å². The van der Waals surface area contributed by atoms with Crippen molar-refractivity contribution in [3.8, 4) is 21.7 Å². The van der Waals surface area contributed by atoms with Gasteiger partial charge >= 0.3 is 26.0 Å². The number of aliphatic hydroxyl groups is 1. The van der Waals surface area contributed by atoms with E-state index in [0.29, 0.717) is 29.0 Å². The van der Waals surface area contributed by atoms with E-state index in [0.717, 1.165) is 5.38 Å². The number of thiazole rings is 1. The molecule has 2 amide bonds. The molecule has 0 bridgehead atoms. The first kappa shape index (κ1) is 37.6. The topological polar surface area (TPSA) is 202 Å². The minimum Gasteiger partial charge on any atom is -0.459 e. The molecular weight excluding hydrogens is 694 g/mol. The van der Waals surface area contributed by atoms with Crippen molar-refractivity contribution in [2.45, 2.75) is 39.9 Å². The molecule has 4 aromatic rings. The van der Waals surface area contributed by atoms with Crippen LogP contribution in [0.1, 0.15) is 49.8 Å². The lowest BCUT2D eigenvalue weighted by Gasteiger charge is -2.33. The Balaban J connectivity index is 1.91. The number of pyridine rings is 2. The monoisotopic (exact) mass is 727 g/mol. The van der Waals surface area contributed by atoms with E-state index in [1.807, 2.05) is 20.8 Å². The number of phosphoric ester groups is 1. The first-order valence-electron chi connectivity index (χ1n) is 14.6. The third-order valence-corrected chi connectivity index (χ3v) is 8.55. The van der Waals surface area contributed by atoms with Crippen LogP contribution < -0.4 is 16.1 Å². The number of phosphoric acid groups is 1. The number of urea groups is 1. The van der Waals surface area contributed by atoms with Gasteiger partial charge in [-0.2, -0.15) is 13.2 Å². The fraction of sp³-hybridized carbons (Fsp3) is 0.367. The Labute approximate surface area is 281 Å². The predicted molar refractivity (Wildman–Crippen MR) is 174 cm³/mol. The highest BCUT2D eigenvalue weighted by Crippen LogP contribution is 2.40. The molecule has 0 fully saturated rings. The van der Waals surface area contributed by atoms with Gasteiger partial charge in [0.25, 0.3) is 0 Å². The molecule has 5 N–H and O–H groups in total. The number of amides is 2. The summed E-state index contributed by atoms with van der Waals surface area (Å²) in [5.74, 6) is -1.11. The highest BCUT2D eigenvalue weighted by Gasteiger charge is 2.34. The molecule has 0 aliphatic heterocycles.